The SMILES string of the molecule is COc1cc(C(=O)NCC(c2cc3c(c(-c4ccc(F)c(C#N)c4F)n2)OCC3C)C(F)(F)F)cc(C=NC2CC2)c1N. The number of carbonyl (C=O) groups is 1. The molecule has 8 nitrogen and oxygen atoms in total. The number of pyridine rings is 1. The first-order chi connectivity index (χ1) is 20.4. The van der Waals surface area contributed by atoms with Crippen molar-refractivity contribution < 1.29 is 36.2 Å². The average Bonchev–Trinajstić information content (AvgIpc) is 3.72. The van der Waals surface area contributed by atoms with Gasteiger partial charge in [0.1, 0.15) is 40.6 Å². The van der Waals surface area contributed by atoms with E-state index in [4.69, 9.17) is 15.2 Å². The molecule has 0 saturated heterocycles. The topological polar surface area (TPSA) is 123 Å². The molecule has 2 unspecified atom stereocenters. The molecule has 2 aliphatic rings. The number of ether oxygens (including phenoxy) is 2. The summed E-state index contributed by atoms with van der Waals surface area (Å²) >= 11 is 0. The molecule has 1 fully saturated rings. The van der Waals surface area contributed by atoms with E-state index >= 15 is 4.39 Å². The number of aliphatic imine (C=N–C) groups is 1. The Bertz CT molecular complexity index is 1660. The van der Waals surface area contributed by atoms with Gasteiger partial charge in [0.05, 0.1) is 31.1 Å². The Kier molecular flexibility index (Phi) is 7.96. The summed E-state index contributed by atoms with van der Waals surface area (Å²) < 4.78 is 83.4. The number of amides is 1. The summed E-state index contributed by atoms with van der Waals surface area (Å²) in [5.74, 6) is -5.68. The van der Waals surface area contributed by atoms with Gasteiger partial charge in [-0.3, -0.25) is 9.79 Å². The molecule has 3 aromatic rings. The van der Waals surface area contributed by atoms with E-state index in [-0.39, 0.29) is 52.6 Å². The van der Waals surface area contributed by atoms with E-state index < -0.39 is 47.4 Å². The van der Waals surface area contributed by atoms with E-state index in [9.17, 15) is 27.6 Å². The fourth-order valence-corrected chi connectivity index (χ4v) is 4.74. The number of rotatable bonds is 8. The second-order valence-corrected chi connectivity index (χ2v) is 10.4. The molecule has 2 atom stereocenters. The van der Waals surface area contributed by atoms with Crippen molar-refractivity contribution in [1.29, 1.82) is 5.26 Å². The largest absolute Gasteiger partial charge is 0.495 e. The number of anilines is 1. The molecule has 0 bridgehead atoms. The summed E-state index contributed by atoms with van der Waals surface area (Å²) in [6.45, 7) is 0.903. The highest BCUT2D eigenvalue weighted by molar-refractivity contribution is 5.99. The van der Waals surface area contributed by atoms with Gasteiger partial charge >= 0.3 is 6.18 Å². The van der Waals surface area contributed by atoms with Crippen LogP contribution in [0, 0.1) is 23.0 Å². The van der Waals surface area contributed by atoms with Crippen LogP contribution in [0.25, 0.3) is 11.3 Å². The molecule has 2 aromatic carbocycles. The maximum Gasteiger partial charge on any atom is 0.398 e. The Balaban J connectivity index is 1.50. The van der Waals surface area contributed by atoms with Gasteiger partial charge in [0, 0.05) is 40.9 Å². The van der Waals surface area contributed by atoms with Gasteiger partial charge in [0.25, 0.3) is 5.91 Å². The third kappa shape index (κ3) is 5.95. The van der Waals surface area contributed by atoms with Gasteiger partial charge in [-0.1, -0.05) is 6.92 Å². The number of halogens is 5. The van der Waals surface area contributed by atoms with Crippen LogP contribution in [-0.4, -0.2) is 49.6 Å². The van der Waals surface area contributed by atoms with E-state index in [1.54, 1.807) is 6.92 Å². The Morgan fingerprint density at radius 1 is 1.30 bits per heavy atom. The number of alkyl halides is 3. The summed E-state index contributed by atoms with van der Waals surface area (Å²) in [7, 11) is 1.35. The predicted molar refractivity (Wildman–Crippen MR) is 147 cm³/mol. The Morgan fingerprint density at radius 3 is 2.70 bits per heavy atom. The molecular formula is C30H26F5N5O3. The van der Waals surface area contributed by atoms with Gasteiger partial charge < -0.3 is 20.5 Å². The zero-order valence-corrected chi connectivity index (χ0v) is 23.1. The molecule has 0 spiro atoms. The highest BCUT2D eigenvalue weighted by Crippen LogP contribution is 2.45. The van der Waals surface area contributed by atoms with E-state index in [1.807, 2.05) is 0 Å². The lowest BCUT2D eigenvalue weighted by Gasteiger charge is -2.22. The molecule has 1 aliphatic heterocycles. The highest BCUT2D eigenvalue weighted by atomic mass is 19.4. The molecule has 2 heterocycles. The van der Waals surface area contributed by atoms with Crippen LogP contribution < -0.4 is 20.5 Å². The van der Waals surface area contributed by atoms with Gasteiger partial charge in [0.2, 0.25) is 0 Å². The Labute approximate surface area is 243 Å². The van der Waals surface area contributed by atoms with Gasteiger partial charge in [-0.15, -0.1) is 0 Å². The number of hydrogen-bond acceptors (Lipinski definition) is 7. The lowest BCUT2D eigenvalue weighted by Crippen LogP contribution is -2.35. The van der Waals surface area contributed by atoms with Crippen molar-refractivity contribution in [2.75, 3.05) is 26.0 Å². The molecule has 13 heteroatoms. The number of nitrogen functional groups attached to an aromatic ring is 1. The number of hydrogen-bond donors (Lipinski definition) is 2. The van der Waals surface area contributed by atoms with Crippen molar-refractivity contribution in [2.24, 2.45) is 4.99 Å². The number of aromatic nitrogens is 1. The Hall–Kier alpha value is -4.73. The van der Waals surface area contributed by atoms with Crippen LogP contribution in [-0.2, 0) is 0 Å². The van der Waals surface area contributed by atoms with Crippen LogP contribution in [0.2, 0.25) is 0 Å². The van der Waals surface area contributed by atoms with Crippen molar-refractivity contribution in [1.82, 2.24) is 10.3 Å². The molecule has 1 saturated carbocycles. The van der Waals surface area contributed by atoms with E-state index in [0.717, 1.165) is 25.0 Å². The normalized spacial score (nSPS) is 16.8. The molecule has 5 rings (SSSR count). The number of benzene rings is 2. The number of methoxy groups -OCH3 is 1. The first-order valence-corrected chi connectivity index (χ1v) is 13.3. The number of fused-ring (bicyclic) bond motifs is 1. The van der Waals surface area contributed by atoms with Crippen LogP contribution in [0.1, 0.15) is 64.3 Å². The minimum Gasteiger partial charge on any atom is -0.495 e. The summed E-state index contributed by atoms with van der Waals surface area (Å²) in [6.07, 6.45) is -1.50. The minimum atomic E-state index is -4.88. The van der Waals surface area contributed by atoms with Crippen molar-refractivity contribution in [3.8, 4) is 28.8 Å². The lowest BCUT2D eigenvalue weighted by molar-refractivity contribution is -0.149. The third-order valence-electron chi connectivity index (χ3n) is 7.33. The van der Waals surface area contributed by atoms with Crippen molar-refractivity contribution in [3.63, 3.8) is 0 Å². The van der Waals surface area contributed by atoms with Gasteiger partial charge in [0.15, 0.2) is 5.82 Å². The molecule has 1 amide bonds. The first-order valence-electron chi connectivity index (χ1n) is 13.3. The molecule has 0 radical (unpaired) electrons. The fraction of sp³-hybridized carbons (Fsp3) is 0.333. The molecule has 224 valence electrons. The van der Waals surface area contributed by atoms with Crippen molar-refractivity contribution in [3.05, 3.63) is 69.9 Å². The van der Waals surface area contributed by atoms with Crippen LogP contribution in [0.5, 0.6) is 11.5 Å². The van der Waals surface area contributed by atoms with Crippen molar-refractivity contribution in [2.45, 2.75) is 43.8 Å². The van der Waals surface area contributed by atoms with Crippen LogP contribution >= 0.6 is 0 Å². The maximum absolute atomic E-state index is 15.2. The predicted octanol–water partition coefficient (Wildman–Crippen LogP) is 5.64. The van der Waals surface area contributed by atoms with Crippen LogP contribution in [0.4, 0.5) is 27.6 Å². The second-order valence-electron chi connectivity index (χ2n) is 10.4. The molecule has 43 heavy (non-hydrogen) atoms. The van der Waals surface area contributed by atoms with Crippen molar-refractivity contribution >= 4 is 17.8 Å². The summed E-state index contributed by atoms with van der Waals surface area (Å²) in [4.78, 5) is 21.6. The van der Waals surface area contributed by atoms with Gasteiger partial charge in [-0.25, -0.2) is 13.8 Å². The van der Waals surface area contributed by atoms with Crippen LogP contribution in [0.15, 0.2) is 35.3 Å². The van der Waals surface area contributed by atoms with E-state index in [1.165, 1.54) is 37.6 Å². The quantitative estimate of drug-likeness (QED) is 0.196. The summed E-state index contributed by atoms with van der Waals surface area (Å²) in [5.41, 5.74) is 4.98. The number of nitrogens with zero attached hydrogens (tertiary/aromatic N) is 3. The zero-order chi connectivity index (χ0) is 31.1. The average molecular weight is 600 g/mol. The van der Waals surface area contributed by atoms with E-state index in [0.29, 0.717) is 11.1 Å². The minimum absolute atomic E-state index is 0.00580. The first kappa shape index (κ1) is 29.8. The number of carbonyl (C=O) groups excluding carboxylic acids is 1. The summed E-state index contributed by atoms with van der Waals surface area (Å²) in [6, 6.07) is 7.36. The molecule has 1 aromatic heterocycles. The second kappa shape index (κ2) is 11.5. The summed E-state index contributed by atoms with van der Waals surface area (Å²) in [5, 5.41) is 11.5. The number of nitrogens with one attached hydrogen (secondary N) is 1. The van der Waals surface area contributed by atoms with Gasteiger partial charge in [-0.05, 0) is 43.2 Å². The highest BCUT2D eigenvalue weighted by Gasteiger charge is 2.43. The standard InChI is InChI=1S/C30H26F5N5O3/c1-14-13-43-28-19(14)9-23(40-27(28)18-5-6-22(31)20(10-36)25(18)32)21(30(33,34)35)12-39-29(41)15-7-16(11-38-17-3-4-17)26(37)24(8-15)42-2/h5-9,11,14,17,21H,3-4,12-13,37H2,1-2H3,(H,39,41). The number of nitriles is 1. The smallest absolute Gasteiger partial charge is 0.398 e. The third-order valence-corrected chi connectivity index (χ3v) is 7.33. The monoisotopic (exact) mass is 599 g/mol. The van der Waals surface area contributed by atoms with E-state index in [2.05, 4.69) is 15.3 Å². The van der Waals surface area contributed by atoms with Crippen LogP contribution in [0.3, 0.4) is 0 Å². The number of nitrogens with two attached hydrogens (primary N) is 1. The fourth-order valence-electron chi connectivity index (χ4n) is 4.74. The molecule has 1 aliphatic carbocycles. The molecule has 3 N–H and O–H groups in total. The lowest BCUT2D eigenvalue weighted by atomic mass is 9.94. The zero-order valence-electron chi connectivity index (χ0n) is 23.1. The molecular weight excluding hydrogens is 573 g/mol. The van der Waals surface area contributed by atoms with Gasteiger partial charge in [-0.2, -0.15) is 18.4 Å². The maximum atomic E-state index is 15.2. The Morgan fingerprint density at radius 2 is 2.05 bits per heavy atom.